The molecule has 41 heavy (non-hydrogen) atoms. The molecule has 210 valence electrons. The van der Waals surface area contributed by atoms with E-state index in [-0.39, 0.29) is 24.4 Å². The standard InChI is InChI=1S/C29H28FN7O3S/c1-2-40-26-17-27(29-23(18-31)20-34-37(29)21-26)22-7-8-28(33-19-22)35-11-13-36(14-12-35)41(38,39)15-5-3-4-6-25-16-24(30)9-10-32-25/h7-10,16-17,19-21H,2,5-6,11-15H2,1H3. The minimum atomic E-state index is -3.45. The van der Waals surface area contributed by atoms with Gasteiger partial charge in [0.05, 0.1) is 47.9 Å². The van der Waals surface area contributed by atoms with Gasteiger partial charge in [0.25, 0.3) is 0 Å². The van der Waals surface area contributed by atoms with Crippen LogP contribution in [-0.2, 0) is 16.4 Å². The van der Waals surface area contributed by atoms with Crippen LogP contribution >= 0.6 is 0 Å². The highest BCUT2D eigenvalue weighted by atomic mass is 32.2. The summed E-state index contributed by atoms with van der Waals surface area (Å²) in [6.45, 7) is 4.12. The predicted molar refractivity (Wildman–Crippen MR) is 152 cm³/mol. The SMILES string of the molecule is CCOc1cc(-c2ccc(N3CCN(S(=O)(=O)CCC#CCc4cc(F)ccn4)CC3)nc2)c2c(C#N)cnn2c1. The lowest BCUT2D eigenvalue weighted by atomic mass is 10.1. The summed E-state index contributed by atoms with van der Waals surface area (Å²) in [7, 11) is -3.45. The normalized spacial score (nSPS) is 13.9. The molecular weight excluding hydrogens is 545 g/mol. The van der Waals surface area contributed by atoms with Gasteiger partial charge < -0.3 is 9.64 Å². The van der Waals surface area contributed by atoms with Gasteiger partial charge in [-0.05, 0) is 37.3 Å². The maximum absolute atomic E-state index is 13.2. The average molecular weight is 574 g/mol. The number of fused-ring (bicyclic) bond motifs is 1. The van der Waals surface area contributed by atoms with Crippen molar-refractivity contribution in [3.8, 4) is 34.8 Å². The van der Waals surface area contributed by atoms with Crippen LogP contribution in [0.15, 0.2) is 55.1 Å². The summed E-state index contributed by atoms with van der Waals surface area (Å²) < 4.78 is 47.7. The molecule has 0 radical (unpaired) electrons. The molecule has 0 N–H and O–H groups in total. The van der Waals surface area contributed by atoms with Crippen LogP contribution in [-0.4, -0.2) is 70.8 Å². The van der Waals surface area contributed by atoms with Crippen molar-refractivity contribution in [3.63, 3.8) is 0 Å². The number of sulfonamides is 1. The van der Waals surface area contributed by atoms with Crippen molar-refractivity contribution in [1.82, 2.24) is 23.9 Å². The molecule has 5 heterocycles. The summed E-state index contributed by atoms with van der Waals surface area (Å²) in [5.41, 5.74) is 3.25. The van der Waals surface area contributed by atoms with Gasteiger partial charge in [0.15, 0.2) is 0 Å². The summed E-state index contributed by atoms with van der Waals surface area (Å²) >= 11 is 0. The van der Waals surface area contributed by atoms with Gasteiger partial charge in [0.2, 0.25) is 10.0 Å². The Hall–Kier alpha value is -4.52. The van der Waals surface area contributed by atoms with Gasteiger partial charge in [-0.15, -0.1) is 5.92 Å². The van der Waals surface area contributed by atoms with E-state index < -0.39 is 10.0 Å². The maximum Gasteiger partial charge on any atom is 0.215 e. The lowest BCUT2D eigenvalue weighted by molar-refractivity contribution is 0.338. The lowest BCUT2D eigenvalue weighted by Gasteiger charge is -2.34. The molecule has 1 saturated heterocycles. The molecule has 4 aromatic rings. The van der Waals surface area contributed by atoms with E-state index in [4.69, 9.17) is 4.74 Å². The smallest absolute Gasteiger partial charge is 0.215 e. The first kappa shape index (κ1) is 28.0. The van der Waals surface area contributed by atoms with E-state index in [0.29, 0.717) is 55.3 Å². The highest BCUT2D eigenvalue weighted by Gasteiger charge is 2.27. The number of rotatable bonds is 8. The zero-order chi connectivity index (χ0) is 28.8. The molecule has 0 amide bonds. The van der Waals surface area contributed by atoms with Crippen molar-refractivity contribution in [2.75, 3.05) is 43.4 Å². The largest absolute Gasteiger partial charge is 0.492 e. The van der Waals surface area contributed by atoms with Crippen LogP contribution in [0, 0.1) is 29.0 Å². The van der Waals surface area contributed by atoms with Gasteiger partial charge in [0, 0.05) is 56.1 Å². The number of hydrogen-bond acceptors (Lipinski definition) is 8. The Balaban J connectivity index is 1.20. The fraction of sp³-hybridized carbons (Fsp3) is 0.310. The third kappa shape index (κ3) is 6.46. The van der Waals surface area contributed by atoms with Gasteiger partial charge >= 0.3 is 0 Å². The topological polar surface area (TPSA) is 117 Å². The first-order valence-electron chi connectivity index (χ1n) is 13.2. The highest BCUT2D eigenvalue weighted by Crippen LogP contribution is 2.31. The molecule has 5 rings (SSSR count). The summed E-state index contributed by atoms with van der Waals surface area (Å²) in [4.78, 5) is 10.7. The van der Waals surface area contributed by atoms with Crippen LogP contribution in [0.1, 0.15) is 24.6 Å². The van der Waals surface area contributed by atoms with Crippen molar-refractivity contribution < 1.29 is 17.5 Å². The molecule has 0 saturated carbocycles. The van der Waals surface area contributed by atoms with Gasteiger partial charge in [-0.3, -0.25) is 4.98 Å². The number of ether oxygens (including phenoxy) is 1. The molecule has 0 aliphatic carbocycles. The number of nitrogens with zero attached hydrogens (tertiary/aromatic N) is 7. The minimum Gasteiger partial charge on any atom is -0.492 e. The summed E-state index contributed by atoms with van der Waals surface area (Å²) in [6.07, 6.45) is 6.87. The molecule has 0 atom stereocenters. The van der Waals surface area contributed by atoms with Crippen molar-refractivity contribution in [1.29, 1.82) is 5.26 Å². The number of halogens is 1. The summed E-state index contributed by atoms with van der Waals surface area (Å²) in [6, 6.07) is 10.5. The molecule has 0 unspecified atom stereocenters. The van der Waals surface area contributed by atoms with E-state index >= 15 is 0 Å². The van der Waals surface area contributed by atoms with Crippen LogP contribution in [0.4, 0.5) is 10.2 Å². The number of piperazine rings is 1. The van der Waals surface area contributed by atoms with Crippen molar-refractivity contribution in [2.24, 2.45) is 0 Å². The Morgan fingerprint density at radius 1 is 1.07 bits per heavy atom. The highest BCUT2D eigenvalue weighted by molar-refractivity contribution is 7.89. The van der Waals surface area contributed by atoms with Gasteiger partial charge in [-0.1, -0.05) is 5.92 Å². The van der Waals surface area contributed by atoms with Crippen LogP contribution in [0.3, 0.4) is 0 Å². The van der Waals surface area contributed by atoms with E-state index in [0.717, 1.165) is 16.9 Å². The maximum atomic E-state index is 13.2. The van der Waals surface area contributed by atoms with Crippen LogP contribution in [0.25, 0.3) is 16.6 Å². The molecule has 1 aliphatic rings. The number of hydrogen-bond donors (Lipinski definition) is 0. The fourth-order valence-electron chi connectivity index (χ4n) is 4.67. The molecule has 1 aliphatic heterocycles. The molecule has 1 fully saturated rings. The average Bonchev–Trinajstić information content (AvgIpc) is 3.40. The molecule has 4 aromatic heterocycles. The number of anilines is 1. The Kier molecular flexibility index (Phi) is 8.43. The number of aromatic nitrogens is 4. The second-order valence-electron chi connectivity index (χ2n) is 9.34. The second-order valence-corrected chi connectivity index (χ2v) is 11.4. The van der Waals surface area contributed by atoms with Gasteiger partial charge in [-0.2, -0.15) is 14.7 Å². The van der Waals surface area contributed by atoms with Crippen molar-refractivity contribution >= 4 is 21.4 Å². The third-order valence-electron chi connectivity index (χ3n) is 6.69. The van der Waals surface area contributed by atoms with Crippen LogP contribution < -0.4 is 9.64 Å². The van der Waals surface area contributed by atoms with Crippen LogP contribution in [0.2, 0.25) is 0 Å². The fourth-order valence-corrected chi connectivity index (χ4v) is 6.01. The Morgan fingerprint density at radius 3 is 2.61 bits per heavy atom. The van der Waals surface area contributed by atoms with Crippen molar-refractivity contribution in [2.45, 2.75) is 19.8 Å². The zero-order valence-corrected chi connectivity index (χ0v) is 23.3. The predicted octanol–water partition coefficient (Wildman–Crippen LogP) is 3.29. The molecule has 0 bridgehead atoms. The van der Waals surface area contributed by atoms with E-state index in [1.54, 1.807) is 16.9 Å². The Labute approximate surface area is 238 Å². The molecule has 10 nitrogen and oxygen atoms in total. The Morgan fingerprint density at radius 2 is 1.90 bits per heavy atom. The van der Waals surface area contributed by atoms with E-state index in [9.17, 15) is 18.1 Å². The third-order valence-corrected chi connectivity index (χ3v) is 8.56. The van der Waals surface area contributed by atoms with E-state index in [1.165, 1.54) is 28.8 Å². The van der Waals surface area contributed by atoms with Crippen molar-refractivity contribution in [3.05, 3.63) is 72.2 Å². The lowest BCUT2D eigenvalue weighted by Crippen LogP contribution is -2.49. The first-order chi connectivity index (χ1) is 19.9. The number of pyridine rings is 3. The molecule has 0 aromatic carbocycles. The quantitative estimate of drug-likeness (QED) is 0.295. The molecule has 12 heteroatoms. The van der Waals surface area contributed by atoms with Gasteiger partial charge in [0.1, 0.15) is 23.5 Å². The number of nitriles is 1. The minimum absolute atomic E-state index is 0.0713. The molecular formula is C29H28FN7O3S. The van der Waals surface area contributed by atoms with Crippen LogP contribution in [0.5, 0.6) is 5.75 Å². The Bertz CT molecular complexity index is 1750. The molecule has 0 spiro atoms. The summed E-state index contributed by atoms with van der Waals surface area (Å²) in [5.74, 6) is 6.66. The van der Waals surface area contributed by atoms with E-state index in [2.05, 4.69) is 33.0 Å². The zero-order valence-electron chi connectivity index (χ0n) is 22.5. The van der Waals surface area contributed by atoms with E-state index in [1.807, 2.05) is 30.0 Å². The monoisotopic (exact) mass is 573 g/mol. The van der Waals surface area contributed by atoms with Gasteiger partial charge in [-0.25, -0.2) is 22.3 Å². The first-order valence-corrected chi connectivity index (χ1v) is 14.8. The second kappa shape index (κ2) is 12.3. The summed E-state index contributed by atoms with van der Waals surface area (Å²) in [5, 5.41) is 13.8.